The van der Waals surface area contributed by atoms with Gasteiger partial charge in [0, 0.05) is 23.9 Å². The van der Waals surface area contributed by atoms with Crippen molar-refractivity contribution in [1.82, 2.24) is 0 Å². The summed E-state index contributed by atoms with van der Waals surface area (Å²) < 4.78 is 11.0. The second kappa shape index (κ2) is 7.71. The van der Waals surface area contributed by atoms with E-state index in [2.05, 4.69) is 31.2 Å². The monoisotopic (exact) mass is 240 g/mol. The molecule has 0 heterocycles. The maximum Gasteiger partial charge on any atom is 0.166 e. The lowest BCUT2D eigenvalue weighted by Gasteiger charge is -2.16. The quantitative estimate of drug-likeness (QED) is 0.537. The van der Waals surface area contributed by atoms with Gasteiger partial charge in [-0.2, -0.15) is 0 Å². The highest BCUT2D eigenvalue weighted by atomic mass is 32.2. The zero-order valence-electron chi connectivity index (χ0n) is 10.2. The Morgan fingerprint density at radius 2 is 1.62 bits per heavy atom. The third-order valence-corrected chi connectivity index (χ3v) is 3.16. The fourth-order valence-electron chi connectivity index (χ4n) is 1.31. The third kappa shape index (κ3) is 5.01. The maximum atomic E-state index is 5.48. The van der Waals surface area contributed by atoms with Crippen molar-refractivity contribution in [2.75, 3.05) is 19.0 Å². The molecular formula is C13H20O2S. The van der Waals surface area contributed by atoms with Crippen molar-refractivity contribution in [1.29, 1.82) is 0 Å². The molecule has 0 N–H and O–H groups in total. The van der Waals surface area contributed by atoms with Crippen molar-refractivity contribution >= 4 is 11.8 Å². The van der Waals surface area contributed by atoms with E-state index in [9.17, 15) is 0 Å². The summed E-state index contributed by atoms with van der Waals surface area (Å²) in [7, 11) is 0. The minimum absolute atomic E-state index is 0.0960. The second-order valence-electron chi connectivity index (χ2n) is 3.46. The summed E-state index contributed by atoms with van der Waals surface area (Å²) in [5, 5.41) is 0. The first kappa shape index (κ1) is 13.6. The van der Waals surface area contributed by atoms with Crippen LogP contribution in [0.15, 0.2) is 29.2 Å². The van der Waals surface area contributed by atoms with E-state index in [1.807, 2.05) is 13.8 Å². The van der Waals surface area contributed by atoms with Gasteiger partial charge in [-0.1, -0.05) is 17.7 Å². The van der Waals surface area contributed by atoms with E-state index in [-0.39, 0.29) is 6.29 Å². The van der Waals surface area contributed by atoms with Crippen LogP contribution >= 0.6 is 11.8 Å². The van der Waals surface area contributed by atoms with Crippen LogP contribution in [0.3, 0.4) is 0 Å². The summed E-state index contributed by atoms with van der Waals surface area (Å²) in [6.07, 6.45) is -0.0960. The first-order chi connectivity index (χ1) is 7.76. The molecule has 0 bridgehead atoms. The van der Waals surface area contributed by atoms with E-state index in [0.717, 1.165) is 5.75 Å². The Labute approximate surface area is 102 Å². The van der Waals surface area contributed by atoms with Crippen molar-refractivity contribution in [3.8, 4) is 0 Å². The van der Waals surface area contributed by atoms with Crippen LogP contribution in [0.4, 0.5) is 0 Å². The predicted octanol–water partition coefficient (Wildman–Crippen LogP) is 3.49. The summed E-state index contributed by atoms with van der Waals surface area (Å²) in [6, 6.07) is 8.52. The zero-order valence-corrected chi connectivity index (χ0v) is 11.0. The summed E-state index contributed by atoms with van der Waals surface area (Å²) in [6.45, 7) is 7.46. The largest absolute Gasteiger partial charge is 0.352 e. The van der Waals surface area contributed by atoms with E-state index < -0.39 is 0 Å². The third-order valence-electron chi connectivity index (χ3n) is 2.11. The predicted molar refractivity (Wildman–Crippen MR) is 68.9 cm³/mol. The highest BCUT2D eigenvalue weighted by Crippen LogP contribution is 2.20. The van der Waals surface area contributed by atoms with Crippen LogP contribution in [-0.2, 0) is 9.47 Å². The van der Waals surface area contributed by atoms with Crippen LogP contribution in [0.2, 0.25) is 0 Å². The number of hydrogen-bond donors (Lipinski definition) is 0. The maximum absolute atomic E-state index is 5.48. The van der Waals surface area contributed by atoms with E-state index in [4.69, 9.17) is 9.47 Å². The number of aryl methyl sites for hydroxylation is 1. The fraction of sp³-hybridized carbons (Fsp3) is 0.538. The Morgan fingerprint density at radius 1 is 1.06 bits per heavy atom. The first-order valence-electron chi connectivity index (χ1n) is 5.69. The highest BCUT2D eigenvalue weighted by molar-refractivity contribution is 7.99. The second-order valence-corrected chi connectivity index (χ2v) is 4.56. The average molecular weight is 240 g/mol. The van der Waals surface area contributed by atoms with Crippen LogP contribution in [-0.4, -0.2) is 25.3 Å². The molecule has 1 aromatic rings. The average Bonchev–Trinajstić information content (AvgIpc) is 2.29. The van der Waals surface area contributed by atoms with Gasteiger partial charge < -0.3 is 9.47 Å². The minimum Gasteiger partial charge on any atom is -0.352 e. The molecule has 0 fully saturated rings. The van der Waals surface area contributed by atoms with Crippen LogP contribution in [0, 0.1) is 6.92 Å². The molecule has 3 heteroatoms. The summed E-state index contributed by atoms with van der Waals surface area (Å²) in [5.41, 5.74) is 1.29. The molecule has 0 aliphatic carbocycles. The van der Waals surface area contributed by atoms with Gasteiger partial charge in [0.05, 0.1) is 0 Å². The SMILES string of the molecule is CCOC(CSc1ccc(C)cc1)OCC. The van der Waals surface area contributed by atoms with Crippen molar-refractivity contribution < 1.29 is 9.47 Å². The topological polar surface area (TPSA) is 18.5 Å². The molecule has 0 amide bonds. The Morgan fingerprint density at radius 3 is 2.12 bits per heavy atom. The van der Waals surface area contributed by atoms with Crippen LogP contribution in [0.5, 0.6) is 0 Å². The lowest BCUT2D eigenvalue weighted by atomic mass is 10.2. The molecule has 0 saturated heterocycles. The molecule has 0 saturated carbocycles. The Balaban J connectivity index is 2.38. The van der Waals surface area contributed by atoms with Gasteiger partial charge in [0.15, 0.2) is 6.29 Å². The first-order valence-corrected chi connectivity index (χ1v) is 6.67. The summed E-state index contributed by atoms with van der Waals surface area (Å²) in [4.78, 5) is 1.26. The number of ether oxygens (including phenoxy) is 2. The van der Waals surface area contributed by atoms with Crippen molar-refractivity contribution in [3.63, 3.8) is 0 Å². The molecule has 0 aliphatic rings. The van der Waals surface area contributed by atoms with Gasteiger partial charge in [0.2, 0.25) is 0 Å². The Kier molecular flexibility index (Phi) is 6.53. The zero-order chi connectivity index (χ0) is 11.8. The molecule has 2 nitrogen and oxygen atoms in total. The van der Waals surface area contributed by atoms with Gasteiger partial charge in [-0.15, -0.1) is 11.8 Å². The molecule has 0 unspecified atom stereocenters. The smallest absolute Gasteiger partial charge is 0.166 e. The Bertz CT molecular complexity index is 278. The molecule has 1 aromatic carbocycles. The minimum atomic E-state index is -0.0960. The molecular weight excluding hydrogens is 220 g/mol. The molecule has 0 atom stereocenters. The van der Waals surface area contributed by atoms with Crippen molar-refractivity contribution in [3.05, 3.63) is 29.8 Å². The van der Waals surface area contributed by atoms with Crippen molar-refractivity contribution in [2.24, 2.45) is 0 Å². The molecule has 0 aliphatic heterocycles. The lowest BCUT2D eigenvalue weighted by molar-refractivity contribution is -0.120. The van der Waals surface area contributed by atoms with Crippen LogP contribution in [0.25, 0.3) is 0 Å². The van der Waals surface area contributed by atoms with Gasteiger partial charge in [-0.3, -0.25) is 0 Å². The molecule has 90 valence electrons. The number of rotatable bonds is 7. The number of thioether (sulfide) groups is 1. The standard InChI is InChI=1S/C13H20O2S/c1-4-14-13(15-5-2)10-16-12-8-6-11(3)7-9-12/h6-9,13H,4-5,10H2,1-3H3. The summed E-state index contributed by atoms with van der Waals surface area (Å²) >= 11 is 1.77. The lowest BCUT2D eigenvalue weighted by Crippen LogP contribution is -2.19. The van der Waals surface area contributed by atoms with E-state index >= 15 is 0 Å². The fourth-order valence-corrected chi connectivity index (χ4v) is 2.16. The Hall–Kier alpha value is -0.510. The van der Waals surface area contributed by atoms with Gasteiger partial charge >= 0.3 is 0 Å². The van der Waals surface area contributed by atoms with E-state index in [0.29, 0.717) is 13.2 Å². The molecule has 0 aromatic heterocycles. The van der Waals surface area contributed by atoms with Crippen molar-refractivity contribution in [2.45, 2.75) is 32.0 Å². The van der Waals surface area contributed by atoms with Gasteiger partial charge in [0.25, 0.3) is 0 Å². The normalized spacial score (nSPS) is 11.0. The van der Waals surface area contributed by atoms with Gasteiger partial charge in [-0.05, 0) is 32.9 Å². The molecule has 0 radical (unpaired) electrons. The molecule has 1 rings (SSSR count). The number of benzene rings is 1. The van der Waals surface area contributed by atoms with E-state index in [1.54, 1.807) is 11.8 Å². The number of hydrogen-bond acceptors (Lipinski definition) is 3. The highest BCUT2D eigenvalue weighted by Gasteiger charge is 2.08. The molecule has 0 spiro atoms. The summed E-state index contributed by atoms with van der Waals surface area (Å²) in [5.74, 6) is 0.838. The van der Waals surface area contributed by atoms with Crippen LogP contribution < -0.4 is 0 Å². The van der Waals surface area contributed by atoms with Gasteiger partial charge in [0.1, 0.15) is 0 Å². The van der Waals surface area contributed by atoms with E-state index in [1.165, 1.54) is 10.5 Å². The van der Waals surface area contributed by atoms with Crippen LogP contribution in [0.1, 0.15) is 19.4 Å². The van der Waals surface area contributed by atoms with Gasteiger partial charge in [-0.25, -0.2) is 0 Å². The molecule has 16 heavy (non-hydrogen) atoms.